The van der Waals surface area contributed by atoms with Crippen LogP contribution in [0.4, 0.5) is 0 Å². The minimum absolute atomic E-state index is 0. The molecule has 10 N–H and O–H groups in total. The van der Waals surface area contributed by atoms with Crippen molar-refractivity contribution in [3.63, 3.8) is 0 Å². The van der Waals surface area contributed by atoms with E-state index in [1.165, 1.54) is 31.2 Å². The molecular weight excluding hydrogens is 600 g/mol. The first-order valence-electron chi connectivity index (χ1n) is 12.9. The second kappa shape index (κ2) is 12.8. The normalized spacial score (nSPS) is 32.7. The van der Waals surface area contributed by atoms with E-state index in [2.05, 4.69) is 0 Å². The fourth-order valence-corrected chi connectivity index (χ4v) is 4.76. The van der Waals surface area contributed by atoms with E-state index in [-0.39, 0.29) is 46.2 Å². The first-order chi connectivity index (χ1) is 19.8. The average molecular weight is 631 g/mol. The van der Waals surface area contributed by atoms with Crippen LogP contribution in [0.1, 0.15) is 6.92 Å². The molecule has 10 atom stereocenters. The maximum absolute atomic E-state index is 10.7. The molecule has 0 aliphatic carbocycles. The van der Waals surface area contributed by atoms with Crippen molar-refractivity contribution in [1.29, 1.82) is 0 Å². The second-order valence-corrected chi connectivity index (χ2v) is 10.2. The Bertz CT molecular complexity index is 1440. The Morgan fingerprint density at radius 2 is 1.40 bits per heavy atom. The first-order valence-corrected chi connectivity index (χ1v) is 12.9. The molecule has 0 amide bonds. The zero-order valence-electron chi connectivity index (χ0n) is 22.3. The smallest absolute Gasteiger partial charge is 0.402 e. The molecule has 0 radical (unpaired) electrons. The van der Waals surface area contributed by atoms with Crippen LogP contribution in [0.3, 0.4) is 0 Å². The van der Waals surface area contributed by atoms with Gasteiger partial charge in [0.2, 0.25) is 12.0 Å². The number of hydrogen-bond donors (Lipinski definition) is 10. The summed E-state index contributed by atoms with van der Waals surface area (Å²) in [5, 5.41) is 102. The van der Waals surface area contributed by atoms with Crippen molar-refractivity contribution in [3.8, 4) is 40.1 Å². The molecule has 2 fully saturated rings. The third-order valence-corrected chi connectivity index (χ3v) is 7.20. The Labute approximate surface area is 249 Å². The molecule has 15 nitrogen and oxygen atoms in total. The molecule has 2 aliphatic rings. The molecule has 2 aliphatic heterocycles. The highest BCUT2D eigenvalue weighted by Crippen LogP contribution is 2.42. The molecular formula is C27H31ClO15. The molecule has 0 unspecified atom stereocenters. The summed E-state index contributed by atoms with van der Waals surface area (Å²) in [6.45, 7) is 0.925. The summed E-state index contributed by atoms with van der Waals surface area (Å²) in [5.74, 6) is -1.92. The summed E-state index contributed by atoms with van der Waals surface area (Å²) in [6.07, 6.45) is -15.3. The van der Waals surface area contributed by atoms with Crippen molar-refractivity contribution < 1.29 is 86.8 Å². The fourth-order valence-electron chi connectivity index (χ4n) is 4.76. The van der Waals surface area contributed by atoms with Gasteiger partial charge in [-0.25, -0.2) is 4.42 Å². The van der Waals surface area contributed by atoms with Gasteiger partial charge >= 0.3 is 11.3 Å². The van der Waals surface area contributed by atoms with Gasteiger partial charge < -0.3 is 82.4 Å². The van der Waals surface area contributed by atoms with E-state index in [4.69, 9.17) is 23.4 Å². The van der Waals surface area contributed by atoms with Gasteiger partial charge in [-0.05, 0) is 19.1 Å². The molecule has 2 saturated heterocycles. The molecule has 0 saturated carbocycles. The summed E-state index contributed by atoms with van der Waals surface area (Å²) >= 11 is 0. The van der Waals surface area contributed by atoms with Crippen molar-refractivity contribution >= 4 is 11.0 Å². The molecule has 0 spiro atoms. The van der Waals surface area contributed by atoms with Crippen LogP contribution < -0.4 is 17.1 Å². The number of aliphatic hydroxyl groups is 6. The summed E-state index contributed by atoms with van der Waals surface area (Å²) in [5.41, 5.74) is 0.163. The quantitative estimate of drug-likeness (QED) is 0.0927. The van der Waals surface area contributed by atoms with Crippen LogP contribution >= 0.6 is 0 Å². The lowest BCUT2D eigenvalue weighted by molar-refractivity contribution is -0.318. The van der Waals surface area contributed by atoms with Crippen molar-refractivity contribution in [1.82, 2.24) is 0 Å². The average Bonchev–Trinajstić information content (AvgIpc) is 2.95. The molecule has 236 valence electrons. The van der Waals surface area contributed by atoms with Crippen molar-refractivity contribution in [2.75, 3.05) is 6.61 Å². The Kier molecular flexibility index (Phi) is 9.72. The Balaban J connectivity index is 0.00000423. The topological polar surface area (TPSA) is 251 Å². The number of fused-ring (bicyclic) bond motifs is 1. The van der Waals surface area contributed by atoms with E-state index in [0.717, 1.165) is 12.1 Å². The van der Waals surface area contributed by atoms with E-state index >= 15 is 0 Å². The summed E-state index contributed by atoms with van der Waals surface area (Å²) in [7, 11) is 0. The molecule has 2 aromatic carbocycles. The SMILES string of the molecule is C[C@@H]1O[C@@H](OC[C@H]2O[C@@H](Oc3cc4c(O)cc(O)cc4[o+]c3-c3ccc(O)c(O)c3)[C@H](O)[C@@H](O)[C@H]2O)[C@H](O)[C@H](O)[C@H]1O.[Cl-]. The Morgan fingerprint density at radius 3 is 2.09 bits per heavy atom. The van der Waals surface area contributed by atoms with Gasteiger partial charge in [-0.2, -0.15) is 0 Å². The van der Waals surface area contributed by atoms with Gasteiger partial charge in [-0.1, -0.05) is 0 Å². The number of ether oxygens (including phenoxy) is 4. The maximum atomic E-state index is 10.7. The van der Waals surface area contributed by atoms with Crippen LogP contribution in [-0.2, 0) is 14.2 Å². The predicted molar refractivity (Wildman–Crippen MR) is 138 cm³/mol. The zero-order valence-corrected chi connectivity index (χ0v) is 23.1. The maximum Gasteiger partial charge on any atom is 0.402 e. The Hall–Kier alpha value is -3.22. The van der Waals surface area contributed by atoms with Gasteiger partial charge in [-0.3, -0.25) is 0 Å². The van der Waals surface area contributed by atoms with Gasteiger partial charge in [0.25, 0.3) is 0 Å². The highest BCUT2D eigenvalue weighted by atomic mass is 35.5. The van der Waals surface area contributed by atoms with Gasteiger partial charge in [0.15, 0.2) is 17.8 Å². The van der Waals surface area contributed by atoms with Gasteiger partial charge in [0, 0.05) is 18.2 Å². The van der Waals surface area contributed by atoms with Gasteiger partial charge in [0.1, 0.15) is 59.6 Å². The molecule has 0 bridgehead atoms. The number of aliphatic hydroxyl groups excluding tert-OH is 6. The van der Waals surface area contributed by atoms with E-state index in [0.29, 0.717) is 0 Å². The van der Waals surface area contributed by atoms with Crippen LogP contribution in [0.2, 0.25) is 0 Å². The predicted octanol–water partition coefficient (Wildman–Crippen LogP) is -3.76. The third kappa shape index (κ3) is 6.37. The number of benzene rings is 2. The molecule has 3 aromatic rings. The minimum atomic E-state index is -1.82. The summed E-state index contributed by atoms with van der Waals surface area (Å²) in [4.78, 5) is 0. The fraction of sp³-hybridized carbons (Fsp3) is 0.444. The highest BCUT2D eigenvalue weighted by Gasteiger charge is 2.48. The first kappa shape index (κ1) is 32.7. The minimum Gasteiger partial charge on any atom is -1.00 e. The van der Waals surface area contributed by atoms with Crippen molar-refractivity contribution in [2.24, 2.45) is 0 Å². The van der Waals surface area contributed by atoms with Crippen LogP contribution in [0, 0.1) is 0 Å². The van der Waals surface area contributed by atoms with Crippen molar-refractivity contribution in [3.05, 3.63) is 36.4 Å². The van der Waals surface area contributed by atoms with Crippen LogP contribution in [0.5, 0.6) is 28.7 Å². The van der Waals surface area contributed by atoms with E-state index in [1.807, 2.05) is 0 Å². The molecule has 5 rings (SSSR count). The largest absolute Gasteiger partial charge is 1.00 e. The van der Waals surface area contributed by atoms with E-state index in [1.54, 1.807) is 0 Å². The number of aromatic hydroxyl groups is 4. The van der Waals surface area contributed by atoms with E-state index in [9.17, 15) is 51.1 Å². The van der Waals surface area contributed by atoms with Crippen molar-refractivity contribution in [2.45, 2.75) is 68.3 Å². The zero-order chi connectivity index (χ0) is 30.5. The van der Waals surface area contributed by atoms with Crippen LogP contribution in [0.25, 0.3) is 22.3 Å². The number of phenolic OH excluding ortho intramolecular Hbond substituents is 4. The van der Waals surface area contributed by atoms with Crippen LogP contribution in [-0.4, -0.2) is 119 Å². The lowest BCUT2D eigenvalue weighted by atomic mass is 9.98. The molecule has 3 heterocycles. The van der Waals surface area contributed by atoms with E-state index < -0.39 is 85.3 Å². The Morgan fingerprint density at radius 1 is 0.721 bits per heavy atom. The lowest BCUT2D eigenvalue weighted by Crippen LogP contribution is -3.00. The van der Waals surface area contributed by atoms with Crippen LogP contribution in [0.15, 0.2) is 40.8 Å². The number of halogens is 1. The molecule has 1 aromatic heterocycles. The second-order valence-electron chi connectivity index (χ2n) is 10.2. The number of rotatable bonds is 6. The number of phenols is 4. The molecule has 16 heteroatoms. The number of hydrogen-bond acceptors (Lipinski definition) is 14. The monoisotopic (exact) mass is 630 g/mol. The highest BCUT2D eigenvalue weighted by molar-refractivity contribution is 5.88. The standard InChI is InChI=1S/C27H30O15.ClH/c1-9-19(32)21(34)23(36)26(39-9)38-8-18-20(33)22(35)24(37)27(42-18)41-17-7-12-14(30)5-11(28)6-16(12)40-25(17)10-2-3-13(29)15(31)4-10;/h2-7,9,18-24,26-27,32-37H,8H2,1H3,(H3-,28,29,30,31);1H/t9-,18+,19-,20-,21+,22-,23+,24+,26+,27+;/m0./s1. The third-order valence-electron chi connectivity index (χ3n) is 7.20. The van der Waals surface area contributed by atoms with Gasteiger partial charge in [-0.15, -0.1) is 0 Å². The summed E-state index contributed by atoms with van der Waals surface area (Å²) in [6, 6.07) is 7.22. The molecule has 43 heavy (non-hydrogen) atoms. The lowest BCUT2D eigenvalue weighted by Gasteiger charge is -2.42. The van der Waals surface area contributed by atoms with Gasteiger partial charge in [0.05, 0.1) is 24.3 Å². The summed E-state index contributed by atoms with van der Waals surface area (Å²) < 4.78 is 28.3.